The van der Waals surface area contributed by atoms with Crippen LogP contribution in [0.25, 0.3) is 41.8 Å². The van der Waals surface area contributed by atoms with E-state index in [1.807, 2.05) is 83.1 Å². The maximum Gasteiger partial charge on any atom is 0.276 e. The van der Waals surface area contributed by atoms with Gasteiger partial charge in [-0.25, -0.2) is 43.9 Å². The van der Waals surface area contributed by atoms with Gasteiger partial charge in [-0.15, -0.1) is 0 Å². The van der Waals surface area contributed by atoms with E-state index >= 15 is 0 Å². The average molecular weight is 1990 g/mol. The highest BCUT2D eigenvalue weighted by Gasteiger charge is 2.58. The average Bonchev–Trinajstić information content (AvgIpc) is 0.755. The zero-order chi connectivity index (χ0) is 106. The van der Waals surface area contributed by atoms with Gasteiger partial charge in [-0.1, -0.05) is 138 Å². The summed E-state index contributed by atoms with van der Waals surface area (Å²) in [5.74, 6) is 0.268. The molecule has 15 fully saturated rings. The lowest BCUT2D eigenvalue weighted by Crippen LogP contribution is -2.56. The number of halogens is 10. The Morgan fingerprint density at radius 2 is 0.504 bits per heavy atom. The third kappa shape index (κ3) is 33.9. The molecule has 0 aromatic heterocycles. The van der Waals surface area contributed by atoms with E-state index in [1.54, 1.807) is 113 Å². The molecule has 42 unspecified atom stereocenters. The lowest BCUT2D eigenvalue weighted by molar-refractivity contribution is -0.227. The van der Waals surface area contributed by atoms with Crippen molar-refractivity contribution >= 4 is 0 Å². The zero-order valence-corrected chi connectivity index (χ0v) is 88.8. The molecule has 0 aromatic rings. The minimum absolute atomic E-state index is 0.0625. The molecule has 0 spiro atoms. The quantitative estimate of drug-likeness (QED) is 0.0404. The molecular weight excluding hydrogens is 1820 g/mol. The van der Waals surface area contributed by atoms with E-state index < -0.39 is 102 Å². The molecule has 31 nitrogen and oxygen atoms in total. The van der Waals surface area contributed by atoms with Gasteiger partial charge >= 0.3 is 0 Å². The summed E-state index contributed by atoms with van der Waals surface area (Å²) in [7, 11) is 23.4. The number of hydrogen-bond donors (Lipinski definition) is 4. The van der Waals surface area contributed by atoms with Crippen LogP contribution >= 0.6 is 0 Å². The van der Waals surface area contributed by atoms with Crippen LogP contribution in [0.3, 0.4) is 0 Å². The van der Waals surface area contributed by atoms with Gasteiger partial charge in [0.25, 0.3) is 5.92 Å². The van der Waals surface area contributed by atoms with Gasteiger partial charge in [0.15, 0.2) is 0 Å². The Morgan fingerprint density at radius 1 is 0.263 bits per heavy atom. The molecule has 806 valence electrons. The van der Waals surface area contributed by atoms with Crippen molar-refractivity contribution in [3.63, 3.8) is 0 Å². The smallest absolute Gasteiger partial charge is 0.276 e. The first kappa shape index (κ1) is 131. The van der Waals surface area contributed by atoms with Gasteiger partial charge in [0.05, 0.1) is 120 Å². The van der Waals surface area contributed by atoms with Crippen LogP contribution in [0.2, 0.25) is 0 Å². The van der Waals surface area contributed by atoms with Crippen LogP contribution in [0.15, 0.2) is 20.5 Å². The maximum atomic E-state index is 13.1. The number of rotatable bonds is 19. The summed E-state index contributed by atoms with van der Waals surface area (Å²) < 4.78 is 199. The molecule has 0 bridgehead atoms. The second-order valence-corrected chi connectivity index (χ2v) is 41.4. The van der Waals surface area contributed by atoms with Crippen molar-refractivity contribution in [2.24, 2.45) is 109 Å². The predicted octanol–water partition coefficient (Wildman–Crippen LogP) is 20.7. The largest absolute Gasteiger partial charge is 0.390 e. The maximum absolute atomic E-state index is 13.1. The van der Waals surface area contributed by atoms with Crippen molar-refractivity contribution < 1.29 is 135 Å². The van der Waals surface area contributed by atoms with Gasteiger partial charge in [0.1, 0.15) is 66.7 Å². The van der Waals surface area contributed by atoms with Crippen LogP contribution in [-0.4, -0.2) is 319 Å². The van der Waals surface area contributed by atoms with Crippen LogP contribution in [0.5, 0.6) is 0 Å². The minimum Gasteiger partial charge on any atom is -0.390 e. The molecule has 15 saturated carbocycles. The first-order chi connectivity index (χ1) is 63.7. The van der Waals surface area contributed by atoms with E-state index in [0.29, 0.717) is 53.8 Å². The highest BCUT2D eigenvalue weighted by atomic mass is 19.3. The van der Waals surface area contributed by atoms with Gasteiger partial charge in [-0.3, -0.25) is 0 Å². The second-order valence-electron chi connectivity index (χ2n) is 41.4. The van der Waals surface area contributed by atoms with Gasteiger partial charge in [0, 0.05) is 144 Å². The monoisotopic (exact) mass is 1990 g/mol. The molecule has 0 aromatic carbocycles. The molecule has 15 rings (SSSR count). The van der Waals surface area contributed by atoms with E-state index in [0.717, 1.165) is 77.0 Å². The third-order valence-corrected chi connectivity index (χ3v) is 32.6. The molecule has 0 aliphatic heterocycles. The van der Waals surface area contributed by atoms with Gasteiger partial charge in [0.2, 0.25) is 0 Å². The fraction of sp³-hybridized carbons (Fsp3) is 1.00. The Bertz CT molecular complexity index is 3200. The Hall–Kier alpha value is -4.22. The Morgan fingerprint density at radius 3 is 0.613 bits per heavy atom. The molecule has 0 heterocycles. The second kappa shape index (κ2) is 60.0. The summed E-state index contributed by atoms with van der Waals surface area (Å²) in [6.45, 7) is 39.4. The molecule has 137 heavy (non-hydrogen) atoms. The molecule has 0 amide bonds. The van der Waals surface area contributed by atoms with Crippen molar-refractivity contribution in [1.29, 1.82) is 0 Å². The predicted molar refractivity (Wildman–Crippen MR) is 507 cm³/mol. The third-order valence-electron chi connectivity index (χ3n) is 32.6. The molecule has 15 aliphatic rings. The summed E-state index contributed by atoms with van der Waals surface area (Å²) in [6, 6.07) is 0.130. The van der Waals surface area contributed by atoms with E-state index in [1.165, 1.54) is 28.3 Å². The van der Waals surface area contributed by atoms with Crippen LogP contribution in [0, 0.1) is 88.8 Å². The summed E-state index contributed by atoms with van der Waals surface area (Å²) >= 11 is 0. The van der Waals surface area contributed by atoms with Gasteiger partial charge in [-0.2, -0.15) is 0 Å². The molecular formula is C96H178F10N12O19. The molecule has 42 atom stereocenters. The van der Waals surface area contributed by atoms with E-state index in [2.05, 4.69) is 82.0 Å². The summed E-state index contributed by atoms with van der Waals surface area (Å²) in [4.78, 5) is 11.1. The van der Waals surface area contributed by atoms with E-state index in [9.17, 15) is 54.1 Å². The lowest BCUT2D eigenvalue weighted by Gasteiger charge is -2.48. The lowest BCUT2D eigenvalue weighted by atomic mass is 9.67. The number of methoxy groups -OCH3 is 15. The highest BCUT2D eigenvalue weighted by Crippen LogP contribution is 2.49. The Balaban J connectivity index is 0.000000735. The Labute approximate surface area is 810 Å². The van der Waals surface area contributed by atoms with Crippen LogP contribution in [0.4, 0.5) is 43.9 Å². The van der Waals surface area contributed by atoms with Crippen molar-refractivity contribution in [3.8, 4) is 0 Å². The molecule has 0 radical (unpaired) electrons. The van der Waals surface area contributed by atoms with Crippen LogP contribution < -0.4 is 0 Å². The van der Waals surface area contributed by atoms with Crippen molar-refractivity contribution in [2.75, 3.05) is 107 Å². The fourth-order valence-corrected chi connectivity index (χ4v) is 18.1. The zero-order valence-electron chi connectivity index (χ0n) is 88.8. The van der Waals surface area contributed by atoms with E-state index in [-0.39, 0.29) is 132 Å². The van der Waals surface area contributed by atoms with E-state index in [4.69, 9.17) is 89.2 Å². The van der Waals surface area contributed by atoms with Gasteiger partial charge in [-0.05, 0) is 204 Å². The SMILES string of the molecule is COC1C(F)C(C)C1F.COC1C(F)C(C)C1F.COC1CC(C)C1(C)F.COC1CC(C)C1(C)F.COC1CC(C)C1(C)N=[N+]=[N-].COC1CC(C)C1(C)N=[N+]=[N-].COC1CC(C)C1(C)O.COC1CC(C)C1(C)O.COC1CC(C)C1(F)F.COC1CC(C)C1F.COC1CC(C)C1F.COC1CC(C)C1N=[N+]=[N-].COC1CC(C)C1N=[N+]=[N-].COC1CC(C)C1O.COC1CC(C)C1O. The van der Waals surface area contributed by atoms with Crippen molar-refractivity contribution in [1.82, 2.24) is 0 Å². The molecule has 4 N–H and O–H groups in total. The molecule has 0 saturated heterocycles. The first-order valence-corrected chi connectivity index (χ1v) is 48.2. The highest BCUT2D eigenvalue weighted by molar-refractivity contribution is 5.09. The number of azide groups is 4. The minimum atomic E-state index is -2.57. The topological polar surface area (TPSA) is 414 Å². The number of alkyl halides is 10. The van der Waals surface area contributed by atoms with Gasteiger partial charge < -0.3 is 91.5 Å². The van der Waals surface area contributed by atoms with Crippen LogP contribution in [-0.2, 0) is 71.1 Å². The molecule has 15 aliphatic carbocycles. The first-order valence-electron chi connectivity index (χ1n) is 48.2. The summed E-state index contributed by atoms with van der Waals surface area (Å²) in [5.41, 5.74) is 28.9. The normalized spacial score (nSPS) is 45.7. The molecule has 41 heteroatoms. The number of nitrogens with zero attached hydrogens (tertiary/aromatic N) is 12. The number of aliphatic hydroxyl groups is 4. The summed E-state index contributed by atoms with van der Waals surface area (Å²) in [6.07, 6.45) is 3.66. The van der Waals surface area contributed by atoms with Crippen molar-refractivity contribution in [2.45, 2.75) is 421 Å². The van der Waals surface area contributed by atoms with Crippen LogP contribution in [0.1, 0.15) is 229 Å². The Kier molecular flexibility index (Phi) is 57.3. The number of ether oxygens (including phenoxy) is 15. The standard InChI is InChI=1S/2C7H13FO.2C7H13N3O.2C7H14O2.3C6H10F2O.2C6H11FO.2C6H11N3O.2C6H12O2/c2*1-5-4-6(9-3)7(5,2)8;2*1-5-4-6(11-3)7(5,2)9-10-8;2*1-5-4-6(9-3)7(5,2)8;1-4-3-5(9-2)6(4,7)8;2*1-3-4(7)6(9-2)5(3)8;2*1-4-3-5(8-2)6(4)7;2*1-4-3-5(10-2)6(4)8-9-7;2*1-4-3-5(8-2)6(4)7/h2*5-6H,4H2,1-3H3;2*5-6H,4H2,1-3H3;2*5-6,8H,4H2,1-3H3;4-5H,3H2,1-2H3;2*3-6H,1-2H3;2*4-6H,3H2,1-2H3;2*4-6H,3H2,1-2H3;2*4-7H,3H2,1-2H3. The summed E-state index contributed by atoms with van der Waals surface area (Å²) in [5, 5.41) is 51.9. The number of aliphatic hydroxyl groups excluding tert-OH is 2. The fourth-order valence-electron chi connectivity index (χ4n) is 18.1. The van der Waals surface area contributed by atoms with Crippen molar-refractivity contribution in [3.05, 3.63) is 41.8 Å². The number of hydrogen-bond acceptors (Lipinski definition) is 23.